The third-order valence-corrected chi connectivity index (χ3v) is 6.14. The molecule has 0 spiro atoms. The maximum absolute atomic E-state index is 14.0. The van der Waals surface area contributed by atoms with Gasteiger partial charge in [0.05, 0.1) is 18.3 Å². The topological polar surface area (TPSA) is 106 Å². The molecule has 0 fully saturated rings. The number of hydrogen-bond acceptors (Lipinski definition) is 6. The van der Waals surface area contributed by atoms with E-state index in [4.69, 9.17) is 4.42 Å². The third kappa shape index (κ3) is 5.25. The normalized spacial score (nSPS) is 11.8. The molecule has 9 nitrogen and oxygen atoms in total. The van der Waals surface area contributed by atoms with Crippen molar-refractivity contribution in [3.05, 3.63) is 108 Å². The Morgan fingerprint density at radius 1 is 1.00 bits per heavy atom. The molecule has 5 rings (SSSR count). The van der Waals surface area contributed by atoms with Gasteiger partial charge in [-0.2, -0.15) is 0 Å². The van der Waals surface area contributed by atoms with Crippen LogP contribution in [0.2, 0.25) is 0 Å². The summed E-state index contributed by atoms with van der Waals surface area (Å²) in [6.45, 7) is 2.16. The molecule has 1 N–H and O–H groups in total. The van der Waals surface area contributed by atoms with E-state index in [-0.39, 0.29) is 24.9 Å². The van der Waals surface area contributed by atoms with Gasteiger partial charge in [0.15, 0.2) is 0 Å². The maximum Gasteiger partial charge on any atom is 0.249 e. The number of furan rings is 1. The second-order valence-electron chi connectivity index (χ2n) is 8.50. The Balaban J connectivity index is 1.54. The summed E-state index contributed by atoms with van der Waals surface area (Å²) in [4.78, 5) is 33.3. The van der Waals surface area contributed by atoms with E-state index in [9.17, 15) is 9.59 Å². The molecule has 0 bridgehead atoms. The smallest absolute Gasteiger partial charge is 0.249 e. The number of carbonyl (C=O) groups excluding carboxylic acids is 2. The van der Waals surface area contributed by atoms with Crippen LogP contribution in [-0.2, 0) is 29.1 Å². The third-order valence-electron chi connectivity index (χ3n) is 6.14. The molecule has 186 valence electrons. The number of amides is 2. The summed E-state index contributed by atoms with van der Waals surface area (Å²) < 4.78 is 6.93. The summed E-state index contributed by atoms with van der Waals surface area (Å²) >= 11 is 0. The van der Waals surface area contributed by atoms with Crippen molar-refractivity contribution in [3.63, 3.8) is 0 Å². The second kappa shape index (κ2) is 10.9. The van der Waals surface area contributed by atoms with Gasteiger partial charge in [0.25, 0.3) is 0 Å². The van der Waals surface area contributed by atoms with Crippen molar-refractivity contribution >= 4 is 28.5 Å². The molecule has 1 atom stereocenters. The number of para-hydroxylation sites is 1. The Morgan fingerprint density at radius 2 is 1.78 bits per heavy atom. The van der Waals surface area contributed by atoms with Crippen LogP contribution in [0.1, 0.15) is 29.9 Å². The highest BCUT2D eigenvalue weighted by molar-refractivity contribution is 6.01. The zero-order valence-corrected chi connectivity index (χ0v) is 20.3. The number of hydrogen-bond donors (Lipinski definition) is 1. The molecule has 0 saturated carbocycles. The number of fused-ring (bicyclic) bond motifs is 1. The van der Waals surface area contributed by atoms with Crippen molar-refractivity contribution in [1.82, 2.24) is 25.3 Å². The number of carbonyl (C=O) groups is 2. The van der Waals surface area contributed by atoms with Crippen LogP contribution in [0.3, 0.4) is 0 Å². The summed E-state index contributed by atoms with van der Waals surface area (Å²) in [5.74, 6) is -0.0464. The number of anilines is 1. The Hall–Kier alpha value is -4.79. The van der Waals surface area contributed by atoms with Gasteiger partial charge in [-0.25, -0.2) is 4.68 Å². The first-order valence-corrected chi connectivity index (χ1v) is 12.0. The van der Waals surface area contributed by atoms with E-state index in [0.29, 0.717) is 22.5 Å². The highest BCUT2D eigenvalue weighted by Gasteiger charge is 2.33. The molecule has 9 heteroatoms. The molecule has 3 heterocycles. The first-order valence-electron chi connectivity index (χ1n) is 12.0. The van der Waals surface area contributed by atoms with Gasteiger partial charge in [-0.1, -0.05) is 36.4 Å². The van der Waals surface area contributed by atoms with Gasteiger partial charge in [-0.15, -0.1) is 5.10 Å². The van der Waals surface area contributed by atoms with E-state index in [1.54, 1.807) is 47.6 Å². The van der Waals surface area contributed by atoms with Crippen molar-refractivity contribution in [2.45, 2.75) is 32.5 Å². The second-order valence-corrected chi connectivity index (χ2v) is 8.50. The highest BCUT2D eigenvalue weighted by Crippen LogP contribution is 2.29. The Morgan fingerprint density at radius 3 is 2.51 bits per heavy atom. The van der Waals surface area contributed by atoms with Crippen LogP contribution >= 0.6 is 0 Å². The highest BCUT2D eigenvalue weighted by atomic mass is 16.3. The molecule has 37 heavy (non-hydrogen) atoms. The fourth-order valence-electron chi connectivity index (χ4n) is 4.22. The molecule has 2 amide bonds. The van der Waals surface area contributed by atoms with Crippen molar-refractivity contribution in [2.75, 3.05) is 4.90 Å². The van der Waals surface area contributed by atoms with Gasteiger partial charge in [0, 0.05) is 18.1 Å². The molecule has 0 aliphatic rings. The minimum absolute atomic E-state index is 0.0942. The number of nitrogens with zero attached hydrogens (tertiary/aromatic N) is 5. The number of aryl methyl sites for hydroxylation is 1. The molecule has 0 aliphatic carbocycles. The summed E-state index contributed by atoms with van der Waals surface area (Å²) in [5.41, 5.74) is 3.78. The Bertz CT molecular complexity index is 1480. The average Bonchev–Trinajstić information content (AvgIpc) is 3.61. The van der Waals surface area contributed by atoms with Crippen LogP contribution in [0.25, 0.3) is 11.0 Å². The predicted molar refractivity (Wildman–Crippen MR) is 138 cm³/mol. The standard InChI is InChI=1S/C28H26N6O3/c1-2-20-9-11-22(12-10-20)34(26(35)19-33-25-8-4-3-7-24(25)31-32-33)27(21-13-15-29-16-14-21)28(36)30-18-23-6-5-17-37-23/h3-17,27H,2,18-19H2,1H3,(H,30,36)/t27-/m1/s1. The number of pyridine rings is 1. The number of aromatic nitrogens is 4. The first kappa shape index (κ1) is 23.9. The summed E-state index contributed by atoms with van der Waals surface area (Å²) in [6, 6.07) is 21.2. The fourth-order valence-corrected chi connectivity index (χ4v) is 4.22. The molecule has 2 aromatic carbocycles. The minimum atomic E-state index is -0.951. The van der Waals surface area contributed by atoms with Crippen molar-refractivity contribution in [3.8, 4) is 0 Å². The zero-order chi connectivity index (χ0) is 25.6. The van der Waals surface area contributed by atoms with E-state index in [2.05, 4.69) is 27.5 Å². The molecular formula is C28H26N6O3. The fraction of sp³-hybridized carbons (Fsp3) is 0.179. The summed E-state index contributed by atoms with van der Waals surface area (Å²) in [5, 5.41) is 11.3. The lowest BCUT2D eigenvalue weighted by Crippen LogP contribution is -2.45. The molecule has 3 aromatic heterocycles. The van der Waals surface area contributed by atoms with E-state index in [1.807, 2.05) is 48.5 Å². The lowest BCUT2D eigenvalue weighted by molar-refractivity contribution is -0.127. The quantitative estimate of drug-likeness (QED) is 0.331. The zero-order valence-electron chi connectivity index (χ0n) is 20.3. The molecule has 0 aliphatic heterocycles. The average molecular weight is 495 g/mol. The summed E-state index contributed by atoms with van der Waals surface area (Å²) in [6.07, 6.45) is 5.62. The number of rotatable bonds is 9. The number of nitrogens with one attached hydrogen (secondary N) is 1. The van der Waals surface area contributed by atoms with Gasteiger partial charge in [0.2, 0.25) is 11.8 Å². The molecule has 0 radical (unpaired) electrons. The molecular weight excluding hydrogens is 468 g/mol. The monoisotopic (exact) mass is 494 g/mol. The lowest BCUT2D eigenvalue weighted by Gasteiger charge is -2.31. The van der Waals surface area contributed by atoms with Gasteiger partial charge >= 0.3 is 0 Å². The van der Waals surface area contributed by atoms with Crippen molar-refractivity contribution < 1.29 is 14.0 Å². The number of benzene rings is 2. The molecule has 0 saturated heterocycles. The predicted octanol–water partition coefficient (Wildman–Crippen LogP) is 4.07. The Labute approximate surface area is 213 Å². The van der Waals surface area contributed by atoms with Crippen molar-refractivity contribution in [1.29, 1.82) is 0 Å². The van der Waals surface area contributed by atoms with Gasteiger partial charge < -0.3 is 9.73 Å². The minimum Gasteiger partial charge on any atom is -0.467 e. The largest absolute Gasteiger partial charge is 0.467 e. The Kier molecular flexibility index (Phi) is 7.02. The van der Waals surface area contributed by atoms with E-state index in [1.165, 1.54) is 4.90 Å². The SMILES string of the molecule is CCc1ccc(N(C(=O)Cn2nnc3ccccc32)[C@@H](C(=O)NCc2ccco2)c2ccncc2)cc1. The van der Waals surface area contributed by atoms with Crippen LogP contribution < -0.4 is 10.2 Å². The van der Waals surface area contributed by atoms with E-state index < -0.39 is 6.04 Å². The van der Waals surface area contributed by atoms with Crippen LogP contribution in [-0.4, -0.2) is 31.8 Å². The molecule has 0 unspecified atom stereocenters. The van der Waals surface area contributed by atoms with E-state index in [0.717, 1.165) is 17.5 Å². The lowest BCUT2D eigenvalue weighted by atomic mass is 10.0. The van der Waals surface area contributed by atoms with Crippen LogP contribution in [0, 0.1) is 0 Å². The van der Waals surface area contributed by atoms with Crippen LogP contribution in [0.4, 0.5) is 5.69 Å². The van der Waals surface area contributed by atoms with Crippen LogP contribution in [0.15, 0.2) is 95.9 Å². The van der Waals surface area contributed by atoms with Gasteiger partial charge in [-0.3, -0.25) is 19.5 Å². The van der Waals surface area contributed by atoms with Crippen molar-refractivity contribution in [2.24, 2.45) is 0 Å². The van der Waals surface area contributed by atoms with Gasteiger partial charge in [0.1, 0.15) is 23.9 Å². The molecule has 5 aromatic rings. The van der Waals surface area contributed by atoms with Crippen LogP contribution in [0.5, 0.6) is 0 Å². The van der Waals surface area contributed by atoms with E-state index >= 15 is 0 Å². The summed E-state index contributed by atoms with van der Waals surface area (Å²) in [7, 11) is 0. The van der Waals surface area contributed by atoms with Gasteiger partial charge in [-0.05, 0) is 66.1 Å². The maximum atomic E-state index is 14.0. The first-order chi connectivity index (χ1) is 18.1.